The first-order valence-corrected chi connectivity index (χ1v) is 11.6. The van der Waals surface area contributed by atoms with Crippen LogP contribution in [-0.4, -0.2) is 18.0 Å². The normalized spacial score (nSPS) is 12.0. The van der Waals surface area contributed by atoms with Crippen molar-refractivity contribution in [1.29, 1.82) is 0 Å². The molecule has 0 heterocycles. The molecule has 0 aliphatic heterocycles. The molecule has 135 valence electrons. The molecule has 0 aromatic heterocycles. The fourth-order valence-electron chi connectivity index (χ4n) is 1.90. The molecule has 1 nitrogen and oxygen atoms in total. The maximum atomic E-state index is 9.65. The Morgan fingerprint density at radius 3 is 1.96 bits per heavy atom. The number of halogens is 2. The van der Waals surface area contributed by atoms with Gasteiger partial charge in [-0.2, -0.15) is 6.08 Å². The van der Waals surface area contributed by atoms with Gasteiger partial charge in [0.15, 0.2) is 0 Å². The number of allylic oxidation sites excluding steroid dienone is 4. The fourth-order valence-corrected chi connectivity index (χ4v) is 3.86. The van der Waals surface area contributed by atoms with Gasteiger partial charge in [0.1, 0.15) is 5.75 Å². The van der Waals surface area contributed by atoms with E-state index in [9.17, 15) is 5.11 Å². The molecule has 0 unspecified atom stereocenters. The van der Waals surface area contributed by atoms with E-state index < -0.39 is 8.07 Å². The molecule has 0 amide bonds. The number of hydrogen-bond donors (Lipinski definition) is 1. The van der Waals surface area contributed by atoms with Crippen molar-refractivity contribution in [2.24, 2.45) is 0 Å². The van der Waals surface area contributed by atoms with Crippen LogP contribution in [0.2, 0.25) is 18.1 Å². The zero-order valence-corrected chi connectivity index (χ0v) is 19.8. The third-order valence-corrected chi connectivity index (χ3v) is 9.73. The summed E-state index contributed by atoms with van der Waals surface area (Å²) in [6, 6.07) is 5.97. The minimum absolute atomic E-state index is 0. The van der Waals surface area contributed by atoms with E-state index in [1.807, 2.05) is 31.2 Å². The summed E-state index contributed by atoms with van der Waals surface area (Å²) in [6.45, 7) is 13.6. The van der Waals surface area contributed by atoms with Crippen molar-refractivity contribution in [2.45, 2.75) is 52.2 Å². The molecule has 0 radical (unpaired) electrons. The van der Waals surface area contributed by atoms with Crippen LogP contribution >= 0.6 is 24.8 Å². The third kappa shape index (κ3) is 9.39. The Balaban J connectivity index is -0.000000415. The second kappa shape index (κ2) is 13.1. The van der Waals surface area contributed by atoms with E-state index in [4.69, 9.17) is 0 Å². The number of benzene rings is 1. The van der Waals surface area contributed by atoms with Crippen LogP contribution < -0.4 is 5.19 Å². The van der Waals surface area contributed by atoms with Crippen molar-refractivity contribution in [3.63, 3.8) is 0 Å². The minimum atomic E-state index is -1.50. The Morgan fingerprint density at radius 1 is 1.12 bits per heavy atom. The average Bonchev–Trinajstić information content (AvgIpc) is 2.97. The molecule has 1 aliphatic carbocycles. The summed E-state index contributed by atoms with van der Waals surface area (Å²) in [4.78, 5) is 3.25. The Bertz CT molecular complexity index is 504. The summed E-state index contributed by atoms with van der Waals surface area (Å²) in [5.74, 6) is 0.398. The van der Waals surface area contributed by atoms with Crippen molar-refractivity contribution < 1.29 is 25.1 Å². The van der Waals surface area contributed by atoms with Crippen molar-refractivity contribution in [3.8, 4) is 5.75 Å². The molecule has 0 saturated carbocycles. The van der Waals surface area contributed by atoms with Gasteiger partial charge in [-0.05, 0) is 29.7 Å². The van der Waals surface area contributed by atoms with Crippen LogP contribution in [0.5, 0.6) is 5.75 Å². The van der Waals surface area contributed by atoms with Gasteiger partial charge in [0.05, 0.1) is 8.07 Å². The second-order valence-electron chi connectivity index (χ2n) is 6.94. The molecule has 1 N–H and O–H groups in total. The Morgan fingerprint density at radius 2 is 1.67 bits per heavy atom. The standard InChI is InChI=1S/C13H22OSi.C5H5.CH2.2ClH.Ti/c1-10-7-11(14)9-12(8-10)15(5,6)13(2,3)4;1-2-4-5-3-1;;;;/h7-9,14H,1-6H3;1-3H,4H2;1H2;2*1H;/q;-1;;;;+1. The number of hydrogen-bond acceptors (Lipinski definition) is 1. The van der Waals surface area contributed by atoms with Gasteiger partial charge in [-0.1, -0.05) is 45.1 Å². The van der Waals surface area contributed by atoms with E-state index in [0.717, 1.165) is 12.0 Å². The molecule has 1 aromatic rings. The van der Waals surface area contributed by atoms with Gasteiger partial charge in [-0.3, -0.25) is 6.08 Å². The molecule has 1 aromatic carbocycles. The van der Waals surface area contributed by atoms with E-state index >= 15 is 0 Å². The average molecular weight is 422 g/mol. The van der Waals surface area contributed by atoms with E-state index in [2.05, 4.69) is 56.9 Å². The molecule has 0 atom stereocenters. The van der Waals surface area contributed by atoms with Crippen molar-refractivity contribution in [2.75, 3.05) is 0 Å². The number of rotatable bonds is 1. The van der Waals surface area contributed by atoms with Crippen LogP contribution in [-0.2, 0) is 20.0 Å². The summed E-state index contributed by atoms with van der Waals surface area (Å²) in [5.41, 5.74) is 1.15. The number of aromatic hydroxyl groups is 1. The van der Waals surface area contributed by atoms with Crippen LogP contribution in [0.15, 0.2) is 36.4 Å². The summed E-state index contributed by atoms with van der Waals surface area (Å²) >= 11 is 1.75. The molecule has 0 spiro atoms. The Labute approximate surface area is 173 Å². The predicted octanol–water partition coefficient (Wildman–Crippen LogP) is 5.53. The predicted molar refractivity (Wildman–Crippen MR) is 113 cm³/mol. The van der Waals surface area contributed by atoms with Crippen LogP contribution in [0.4, 0.5) is 0 Å². The van der Waals surface area contributed by atoms with Crippen molar-refractivity contribution in [3.05, 3.63) is 48.1 Å². The zero-order chi connectivity index (χ0) is 17.4. The Hall–Kier alpha value is -0.119. The van der Waals surface area contributed by atoms with Crippen molar-refractivity contribution in [1.82, 2.24) is 0 Å². The van der Waals surface area contributed by atoms with E-state index in [0.29, 0.717) is 10.8 Å². The molecule has 24 heavy (non-hydrogen) atoms. The van der Waals surface area contributed by atoms with Gasteiger partial charge < -0.3 is 5.11 Å². The zero-order valence-electron chi connectivity index (χ0n) is 15.6. The SMILES string of the molecule is Cc1cc(O)cc([Si](C)(C)C(C)(C)C)c1.Cl.Cl.[C-]1=CC=CC1.[CH2]=[Ti+]. The van der Waals surface area contributed by atoms with Gasteiger partial charge in [0.2, 0.25) is 0 Å². The molecule has 2 rings (SSSR count). The van der Waals surface area contributed by atoms with Crippen LogP contribution in [0.1, 0.15) is 32.8 Å². The van der Waals surface area contributed by atoms with Gasteiger partial charge in [0, 0.05) is 0 Å². The molecule has 0 bridgehead atoms. The summed E-state index contributed by atoms with van der Waals surface area (Å²) in [5, 5.41) is 11.3. The molecular formula is C19H31Cl2OSiTi. The van der Waals surface area contributed by atoms with Gasteiger partial charge in [-0.15, -0.1) is 31.2 Å². The quantitative estimate of drug-likeness (QED) is 0.466. The first-order chi connectivity index (χ1) is 10.1. The topological polar surface area (TPSA) is 20.2 Å². The summed E-state index contributed by atoms with van der Waals surface area (Å²) in [6.07, 6.45) is 10.0. The molecule has 0 saturated heterocycles. The first-order valence-electron chi connectivity index (χ1n) is 7.53. The molecule has 0 fully saturated rings. The number of aryl methyl sites for hydroxylation is 1. The van der Waals surface area contributed by atoms with Crippen LogP contribution in [0.3, 0.4) is 0 Å². The molecule has 5 heteroatoms. The second-order valence-corrected chi connectivity index (χ2v) is 12.3. The molecular weight excluding hydrogens is 391 g/mol. The van der Waals surface area contributed by atoms with Crippen LogP contribution in [0.25, 0.3) is 0 Å². The maximum absolute atomic E-state index is 9.65. The monoisotopic (exact) mass is 421 g/mol. The van der Waals surface area contributed by atoms with E-state index in [1.54, 1.807) is 20.0 Å². The van der Waals surface area contributed by atoms with Crippen molar-refractivity contribution >= 4 is 42.9 Å². The summed E-state index contributed by atoms with van der Waals surface area (Å²) < 4.78 is 0. The van der Waals surface area contributed by atoms with Crippen LogP contribution in [0, 0.1) is 13.0 Å². The van der Waals surface area contributed by atoms with E-state index in [1.165, 1.54) is 5.19 Å². The van der Waals surface area contributed by atoms with Gasteiger partial charge >= 0.3 is 24.8 Å². The van der Waals surface area contributed by atoms with Gasteiger partial charge in [0.25, 0.3) is 0 Å². The van der Waals surface area contributed by atoms with E-state index in [-0.39, 0.29) is 24.8 Å². The number of phenolic OH excluding ortho intramolecular Hbond substituents is 1. The summed E-state index contributed by atoms with van der Waals surface area (Å²) in [7, 11) is -1.50. The third-order valence-electron chi connectivity index (χ3n) is 4.24. The Kier molecular flexibility index (Phi) is 15.7. The van der Waals surface area contributed by atoms with Gasteiger partial charge in [-0.25, -0.2) is 12.2 Å². The fraction of sp³-hybridized carbons (Fsp3) is 0.421. The first kappa shape index (κ1) is 28.7. The molecule has 1 aliphatic rings. The number of phenols is 1.